The van der Waals surface area contributed by atoms with Gasteiger partial charge in [0.05, 0.1) is 11.9 Å². The molecule has 7 N–H and O–H groups in total. The van der Waals surface area contributed by atoms with E-state index in [1.165, 1.54) is 24.3 Å². The van der Waals surface area contributed by atoms with E-state index in [-0.39, 0.29) is 36.6 Å². The second-order valence-electron chi connectivity index (χ2n) is 5.70. The molecule has 0 aliphatic heterocycles. The molecule has 1 unspecified atom stereocenters. The number of nitrogens with two attached hydrogens (primary N) is 3. The van der Waals surface area contributed by atoms with Gasteiger partial charge in [0, 0.05) is 6.54 Å². The number of hydrogen-bond acceptors (Lipinski definition) is 7. The minimum Gasteiger partial charge on any atom is -0.545 e. The van der Waals surface area contributed by atoms with Gasteiger partial charge in [-0.25, -0.2) is 0 Å². The molecule has 0 spiro atoms. The normalized spacial score (nSPS) is 9.84. The molecule has 1 atom stereocenters. The van der Waals surface area contributed by atoms with E-state index in [1.54, 1.807) is 36.4 Å². The Labute approximate surface area is 192 Å². The van der Waals surface area contributed by atoms with Crippen molar-refractivity contribution in [3.05, 3.63) is 71.8 Å². The van der Waals surface area contributed by atoms with Crippen molar-refractivity contribution in [1.82, 2.24) is 0 Å². The second-order valence-corrected chi connectivity index (χ2v) is 5.70. The Balaban J connectivity index is 0. The Morgan fingerprint density at radius 1 is 0.871 bits per heavy atom. The monoisotopic (exact) mass is 480 g/mol. The number of hydrogen-bond donors (Lipinski definition) is 4. The van der Waals surface area contributed by atoms with Crippen LogP contribution in [-0.2, 0) is 24.3 Å². The maximum Gasteiger partial charge on any atom is 2.00 e. The third kappa shape index (κ3) is 16.2. The largest absolute Gasteiger partial charge is 2.00 e. The van der Waals surface area contributed by atoms with Crippen LogP contribution in [0.15, 0.2) is 65.7 Å². The van der Waals surface area contributed by atoms with E-state index in [2.05, 4.69) is 4.99 Å². The van der Waals surface area contributed by atoms with Crippen molar-refractivity contribution >= 4 is 23.9 Å². The second kappa shape index (κ2) is 17.6. The van der Waals surface area contributed by atoms with E-state index in [9.17, 15) is 24.6 Å². The summed E-state index contributed by atoms with van der Waals surface area (Å²) in [6.07, 6.45) is 0.956. The summed E-state index contributed by atoms with van der Waals surface area (Å²) in [5, 5.41) is 28.6. The van der Waals surface area contributed by atoms with Gasteiger partial charge in [-0.1, -0.05) is 60.7 Å². The number of carboxylic acids is 3. The zero-order valence-corrected chi connectivity index (χ0v) is 19.8. The molecule has 10 nitrogen and oxygen atoms in total. The van der Waals surface area contributed by atoms with Crippen LogP contribution in [0.1, 0.15) is 33.6 Å². The fraction of sp³-hybridized carbons (Fsp3) is 0.200. The van der Waals surface area contributed by atoms with Crippen LogP contribution in [0.25, 0.3) is 0 Å². The van der Waals surface area contributed by atoms with E-state index in [0.29, 0.717) is 19.4 Å². The smallest absolute Gasteiger partial charge is 0.545 e. The Kier molecular flexibility index (Phi) is 16.9. The van der Waals surface area contributed by atoms with Gasteiger partial charge in [0.25, 0.3) is 0 Å². The maximum absolute atomic E-state index is 10.2. The van der Waals surface area contributed by atoms with Crippen LogP contribution in [0.5, 0.6) is 0 Å². The Morgan fingerprint density at radius 2 is 1.26 bits per heavy atom. The van der Waals surface area contributed by atoms with Crippen molar-refractivity contribution in [2.75, 3.05) is 6.54 Å². The number of aromatic carboxylic acids is 2. The third-order valence-corrected chi connectivity index (χ3v) is 3.30. The number of rotatable bonds is 7. The molecule has 2 aromatic rings. The molecule has 162 valence electrons. The average molecular weight is 482 g/mol. The zero-order chi connectivity index (χ0) is 22.9. The van der Waals surface area contributed by atoms with Gasteiger partial charge < -0.3 is 42.1 Å². The Hall–Kier alpha value is -3.30. The van der Waals surface area contributed by atoms with Crippen molar-refractivity contribution in [3.63, 3.8) is 0 Å². The van der Waals surface area contributed by atoms with E-state index >= 15 is 0 Å². The standard InChI is InChI=1S/2C7H6O2.C6H14N4O2.Zn/c2*8-7(9)6-4-2-1-3-5-6;7-4(5(11)12)2-1-3-10-6(8)9;/h2*1-5H,(H,8,9);4H,1-3,7H2,(H,11,12)(H4,8,9,10);/q;;;+2/p-2. The van der Waals surface area contributed by atoms with Crippen molar-refractivity contribution in [2.45, 2.75) is 18.9 Å². The molecule has 2 aromatic carbocycles. The third-order valence-electron chi connectivity index (χ3n) is 3.30. The number of carbonyl (C=O) groups excluding carboxylic acids is 2. The first-order valence-corrected chi connectivity index (χ1v) is 8.71. The Morgan fingerprint density at radius 3 is 1.52 bits per heavy atom. The van der Waals surface area contributed by atoms with Crippen LogP contribution in [0.3, 0.4) is 0 Å². The van der Waals surface area contributed by atoms with Crippen LogP contribution in [0, 0.1) is 0 Å². The van der Waals surface area contributed by atoms with Gasteiger partial charge in [0.2, 0.25) is 0 Å². The van der Waals surface area contributed by atoms with Crippen LogP contribution >= 0.6 is 0 Å². The van der Waals surface area contributed by atoms with Gasteiger partial charge in [-0.3, -0.25) is 9.79 Å². The molecule has 0 radical (unpaired) electrons. The number of nitrogens with zero attached hydrogens (tertiary/aromatic N) is 1. The van der Waals surface area contributed by atoms with E-state index < -0.39 is 23.9 Å². The summed E-state index contributed by atoms with van der Waals surface area (Å²) >= 11 is 0. The number of guanidine groups is 1. The number of carbonyl (C=O) groups is 3. The molecule has 0 fully saturated rings. The first-order valence-electron chi connectivity index (χ1n) is 8.71. The van der Waals surface area contributed by atoms with Gasteiger partial charge in [0.1, 0.15) is 6.04 Å². The molecule has 0 saturated heterocycles. The quantitative estimate of drug-likeness (QED) is 0.157. The first-order chi connectivity index (χ1) is 14.1. The molecule has 0 saturated carbocycles. The molecule has 0 heterocycles. The van der Waals surface area contributed by atoms with Crippen LogP contribution < -0.4 is 27.4 Å². The van der Waals surface area contributed by atoms with Gasteiger partial charge in [-0.2, -0.15) is 0 Å². The zero-order valence-electron chi connectivity index (χ0n) is 16.8. The number of aliphatic carboxylic acids is 1. The average Bonchev–Trinajstić information content (AvgIpc) is 2.73. The fourth-order valence-electron chi connectivity index (χ4n) is 1.79. The SMILES string of the molecule is NC(N)=NCCCC(N)C(=O)O.O=C([O-])c1ccccc1.O=C([O-])c1ccccc1.[Zn+2]. The predicted molar refractivity (Wildman–Crippen MR) is 107 cm³/mol. The molecule has 0 amide bonds. The molecule has 0 aliphatic carbocycles. The summed E-state index contributed by atoms with van der Waals surface area (Å²) in [5.74, 6) is -3.25. The van der Waals surface area contributed by atoms with Gasteiger partial charge in [-0.15, -0.1) is 0 Å². The maximum atomic E-state index is 10.2. The number of benzene rings is 2. The summed E-state index contributed by atoms with van der Waals surface area (Å²) in [6.45, 7) is 0.420. The van der Waals surface area contributed by atoms with E-state index in [1.807, 2.05) is 0 Å². The summed E-state index contributed by atoms with van der Waals surface area (Å²) < 4.78 is 0. The van der Waals surface area contributed by atoms with Gasteiger partial charge in [0.15, 0.2) is 5.96 Å². The first kappa shape index (κ1) is 29.9. The summed E-state index contributed by atoms with van der Waals surface area (Å²) in [6, 6.07) is 15.3. The molecule has 2 rings (SSSR count). The summed E-state index contributed by atoms with van der Waals surface area (Å²) in [7, 11) is 0. The van der Waals surface area contributed by atoms with Crippen molar-refractivity contribution < 1.29 is 49.2 Å². The molecule has 31 heavy (non-hydrogen) atoms. The summed E-state index contributed by atoms with van der Waals surface area (Å²) in [4.78, 5) is 34.1. The number of aliphatic imine (C=N–C) groups is 1. The van der Waals surface area contributed by atoms with Crippen molar-refractivity contribution in [2.24, 2.45) is 22.2 Å². The minimum absolute atomic E-state index is 0. The molecule has 11 heteroatoms. The van der Waals surface area contributed by atoms with Crippen molar-refractivity contribution in [3.8, 4) is 0 Å². The predicted octanol–water partition coefficient (Wildman–Crippen LogP) is -1.45. The topological polar surface area (TPSA) is 208 Å². The molecular weight excluding hydrogens is 458 g/mol. The van der Waals surface area contributed by atoms with Crippen LogP contribution in [0.4, 0.5) is 0 Å². The number of carboxylic acid groups (broad SMARTS) is 3. The van der Waals surface area contributed by atoms with Crippen LogP contribution in [-0.4, -0.2) is 41.6 Å². The van der Waals surface area contributed by atoms with E-state index in [4.69, 9.17) is 22.3 Å². The van der Waals surface area contributed by atoms with Crippen molar-refractivity contribution in [1.29, 1.82) is 0 Å². The molecule has 0 aromatic heterocycles. The van der Waals surface area contributed by atoms with Gasteiger partial charge in [-0.05, 0) is 24.0 Å². The summed E-state index contributed by atoms with van der Waals surface area (Å²) in [5.41, 5.74) is 15.8. The molecule has 0 bridgehead atoms. The van der Waals surface area contributed by atoms with Crippen LogP contribution in [0.2, 0.25) is 0 Å². The fourth-order valence-corrected chi connectivity index (χ4v) is 1.79. The minimum atomic E-state index is -1.13. The molecule has 0 aliphatic rings. The van der Waals surface area contributed by atoms with E-state index in [0.717, 1.165) is 0 Å². The molecular formula is C20H24N4O6Zn. The Bertz CT molecular complexity index is 765. The van der Waals surface area contributed by atoms with Gasteiger partial charge >= 0.3 is 25.4 Å².